The fraction of sp³-hybridized carbons (Fsp3) is 0.0833. The summed E-state index contributed by atoms with van der Waals surface area (Å²) in [6, 6.07) is 5.64. The molecule has 0 unspecified atom stereocenters. The summed E-state index contributed by atoms with van der Waals surface area (Å²) >= 11 is 0. The molecule has 0 atom stereocenters. The molecule has 0 fully saturated rings. The first-order valence-corrected chi connectivity index (χ1v) is 4.96. The van der Waals surface area contributed by atoms with Crippen LogP contribution in [0.2, 0.25) is 0 Å². The summed E-state index contributed by atoms with van der Waals surface area (Å²) in [4.78, 5) is 3.91. The molecule has 2 N–H and O–H groups in total. The predicted molar refractivity (Wildman–Crippen MR) is 59.0 cm³/mol. The summed E-state index contributed by atoms with van der Waals surface area (Å²) < 4.78 is 50.5. The van der Waals surface area contributed by atoms with Crippen molar-refractivity contribution >= 4 is 5.69 Å². The Labute approximate surface area is 100 Å². The van der Waals surface area contributed by atoms with E-state index in [1.54, 1.807) is 0 Å². The molecule has 0 amide bonds. The van der Waals surface area contributed by atoms with Crippen molar-refractivity contribution < 1.29 is 17.6 Å². The molecule has 0 aliphatic carbocycles. The van der Waals surface area contributed by atoms with E-state index >= 15 is 0 Å². The zero-order chi connectivity index (χ0) is 13.3. The Morgan fingerprint density at radius 2 is 1.78 bits per heavy atom. The van der Waals surface area contributed by atoms with Gasteiger partial charge in [0, 0.05) is 17.4 Å². The second kappa shape index (κ2) is 4.29. The smallest absolute Gasteiger partial charge is 0.399 e. The van der Waals surface area contributed by atoms with Crippen molar-refractivity contribution in [3.63, 3.8) is 0 Å². The maximum absolute atomic E-state index is 13.4. The van der Waals surface area contributed by atoms with Crippen molar-refractivity contribution in [1.82, 2.24) is 4.98 Å². The van der Waals surface area contributed by atoms with Gasteiger partial charge in [-0.15, -0.1) is 0 Å². The van der Waals surface area contributed by atoms with Crippen molar-refractivity contribution in [2.24, 2.45) is 0 Å². The lowest BCUT2D eigenvalue weighted by Crippen LogP contribution is -2.07. The van der Waals surface area contributed by atoms with Gasteiger partial charge in [0.25, 0.3) is 0 Å². The quantitative estimate of drug-likeness (QED) is 0.793. The van der Waals surface area contributed by atoms with Crippen LogP contribution in [0.15, 0.2) is 36.5 Å². The number of rotatable bonds is 1. The highest BCUT2D eigenvalue weighted by molar-refractivity contribution is 5.63. The summed E-state index contributed by atoms with van der Waals surface area (Å²) in [7, 11) is 0. The number of benzene rings is 1. The predicted octanol–water partition coefficient (Wildman–Crippen LogP) is 3.49. The normalized spacial score (nSPS) is 11.6. The van der Waals surface area contributed by atoms with Crippen LogP contribution in [-0.2, 0) is 6.18 Å². The third kappa shape index (κ3) is 2.42. The van der Waals surface area contributed by atoms with Gasteiger partial charge in [-0.1, -0.05) is 6.07 Å². The average Bonchev–Trinajstić information content (AvgIpc) is 2.27. The van der Waals surface area contributed by atoms with Crippen molar-refractivity contribution in [3.05, 3.63) is 47.9 Å². The Kier molecular flexibility index (Phi) is 2.94. The molecule has 0 radical (unpaired) electrons. The zero-order valence-electron chi connectivity index (χ0n) is 9.00. The first-order valence-electron chi connectivity index (χ1n) is 4.96. The molecule has 1 aromatic carbocycles. The number of nitrogens with zero attached hydrogens (tertiary/aromatic N) is 1. The van der Waals surface area contributed by atoms with E-state index in [1.165, 1.54) is 18.3 Å². The molecule has 0 bridgehead atoms. The van der Waals surface area contributed by atoms with Gasteiger partial charge in [-0.05, 0) is 24.3 Å². The SMILES string of the molecule is Nc1ccnc(-c2ccc(C(F)(F)F)c(F)c2)c1. The number of alkyl halides is 3. The summed E-state index contributed by atoms with van der Waals surface area (Å²) in [5, 5.41) is 0. The maximum Gasteiger partial charge on any atom is 0.419 e. The lowest BCUT2D eigenvalue weighted by molar-refractivity contribution is -0.139. The fourth-order valence-corrected chi connectivity index (χ4v) is 1.51. The minimum Gasteiger partial charge on any atom is -0.399 e. The van der Waals surface area contributed by atoms with Gasteiger partial charge in [0.05, 0.1) is 11.3 Å². The molecule has 2 nitrogen and oxygen atoms in total. The molecular weight excluding hydrogens is 248 g/mol. The molecule has 2 aromatic rings. The third-order valence-corrected chi connectivity index (χ3v) is 2.35. The number of hydrogen-bond donors (Lipinski definition) is 1. The second-order valence-electron chi connectivity index (χ2n) is 3.67. The Bertz CT molecular complexity index is 579. The highest BCUT2D eigenvalue weighted by Gasteiger charge is 2.33. The van der Waals surface area contributed by atoms with Crippen LogP contribution in [0.5, 0.6) is 0 Å². The topological polar surface area (TPSA) is 38.9 Å². The third-order valence-electron chi connectivity index (χ3n) is 2.35. The number of hydrogen-bond acceptors (Lipinski definition) is 2. The minimum atomic E-state index is -4.70. The largest absolute Gasteiger partial charge is 0.419 e. The van der Waals surface area contributed by atoms with Crippen LogP contribution in [-0.4, -0.2) is 4.98 Å². The van der Waals surface area contributed by atoms with Gasteiger partial charge >= 0.3 is 6.18 Å². The number of pyridine rings is 1. The van der Waals surface area contributed by atoms with E-state index in [1.807, 2.05) is 0 Å². The molecule has 1 aromatic heterocycles. The minimum absolute atomic E-state index is 0.243. The van der Waals surface area contributed by atoms with Gasteiger partial charge in [-0.25, -0.2) is 4.39 Å². The van der Waals surface area contributed by atoms with Crippen molar-refractivity contribution in [1.29, 1.82) is 0 Å². The summed E-state index contributed by atoms with van der Waals surface area (Å²) in [6.07, 6.45) is -3.30. The monoisotopic (exact) mass is 256 g/mol. The van der Waals surface area contributed by atoms with Gasteiger partial charge in [0.2, 0.25) is 0 Å². The molecule has 94 valence electrons. The van der Waals surface area contributed by atoms with E-state index in [4.69, 9.17) is 5.73 Å². The number of anilines is 1. The fourth-order valence-electron chi connectivity index (χ4n) is 1.51. The molecule has 0 saturated carbocycles. The molecule has 0 aliphatic rings. The standard InChI is InChI=1S/C12H8F4N2/c13-10-5-7(1-2-9(10)12(14,15)16)11-6-8(17)3-4-18-11/h1-6H,(H2,17,18). The molecule has 18 heavy (non-hydrogen) atoms. The van der Waals surface area contributed by atoms with E-state index in [-0.39, 0.29) is 5.56 Å². The lowest BCUT2D eigenvalue weighted by Gasteiger charge is -2.09. The number of nitrogens with two attached hydrogens (primary N) is 1. The van der Waals surface area contributed by atoms with Gasteiger partial charge in [-0.2, -0.15) is 13.2 Å². The van der Waals surface area contributed by atoms with Crippen LogP contribution in [0.1, 0.15) is 5.56 Å². The molecule has 1 heterocycles. The summed E-state index contributed by atoms with van der Waals surface area (Å²) in [5.74, 6) is -1.33. The molecule has 0 aliphatic heterocycles. The van der Waals surface area contributed by atoms with E-state index in [2.05, 4.69) is 4.98 Å². The maximum atomic E-state index is 13.4. The Morgan fingerprint density at radius 1 is 1.06 bits per heavy atom. The van der Waals surface area contributed by atoms with Crippen LogP contribution in [0, 0.1) is 5.82 Å². The number of aromatic nitrogens is 1. The average molecular weight is 256 g/mol. The summed E-state index contributed by atoms with van der Waals surface area (Å²) in [6.45, 7) is 0. The van der Waals surface area contributed by atoms with Crippen LogP contribution in [0.3, 0.4) is 0 Å². The highest BCUT2D eigenvalue weighted by Crippen LogP contribution is 2.33. The van der Waals surface area contributed by atoms with Crippen LogP contribution < -0.4 is 5.73 Å². The van der Waals surface area contributed by atoms with E-state index < -0.39 is 17.6 Å². The Hall–Kier alpha value is -2.11. The zero-order valence-corrected chi connectivity index (χ0v) is 9.00. The first kappa shape index (κ1) is 12.3. The van der Waals surface area contributed by atoms with E-state index in [9.17, 15) is 17.6 Å². The highest BCUT2D eigenvalue weighted by atomic mass is 19.4. The lowest BCUT2D eigenvalue weighted by atomic mass is 10.1. The van der Waals surface area contributed by atoms with E-state index in [0.29, 0.717) is 17.4 Å². The Balaban J connectivity index is 2.47. The van der Waals surface area contributed by atoms with Crippen molar-refractivity contribution in [3.8, 4) is 11.3 Å². The van der Waals surface area contributed by atoms with Crippen LogP contribution >= 0.6 is 0 Å². The van der Waals surface area contributed by atoms with Crippen molar-refractivity contribution in [2.75, 3.05) is 5.73 Å². The molecule has 2 rings (SSSR count). The van der Waals surface area contributed by atoms with Crippen LogP contribution in [0.25, 0.3) is 11.3 Å². The number of nitrogen functional groups attached to an aromatic ring is 1. The van der Waals surface area contributed by atoms with Crippen molar-refractivity contribution in [2.45, 2.75) is 6.18 Å². The molecular formula is C12H8F4N2. The Morgan fingerprint density at radius 3 is 2.33 bits per heavy atom. The second-order valence-corrected chi connectivity index (χ2v) is 3.67. The van der Waals surface area contributed by atoms with Gasteiger partial charge < -0.3 is 5.73 Å². The van der Waals surface area contributed by atoms with Crippen LogP contribution in [0.4, 0.5) is 23.2 Å². The first-order chi connectivity index (χ1) is 8.38. The summed E-state index contributed by atoms with van der Waals surface area (Å²) in [5.41, 5.74) is 5.19. The molecule has 0 saturated heterocycles. The molecule has 6 heteroatoms. The van der Waals surface area contributed by atoms with Gasteiger partial charge in [0.1, 0.15) is 5.82 Å². The van der Waals surface area contributed by atoms with Gasteiger partial charge in [-0.3, -0.25) is 4.98 Å². The number of halogens is 4. The molecule has 0 spiro atoms. The van der Waals surface area contributed by atoms with E-state index in [0.717, 1.165) is 12.1 Å². The van der Waals surface area contributed by atoms with Gasteiger partial charge in [0.15, 0.2) is 0 Å².